The summed E-state index contributed by atoms with van der Waals surface area (Å²) in [7, 11) is 0. The number of carbonyl (C=O) groups is 2. The molecule has 0 spiro atoms. The highest BCUT2D eigenvalue weighted by Crippen LogP contribution is 2.41. The van der Waals surface area contributed by atoms with E-state index < -0.39 is 11.9 Å². The lowest BCUT2D eigenvalue weighted by Gasteiger charge is -2.27. The van der Waals surface area contributed by atoms with E-state index >= 15 is 0 Å². The number of rotatable bonds is 7. The number of aliphatic carboxylic acids is 1. The minimum Gasteiger partial charge on any atom is -0.481 e. The fraction of sp³-hybridized carbons (Fsp3) is 0.579. The molecule has 4 heteroatoms. The molecule has 1 saturated carbocycles. The Morgan fingerprint density at radius 3 is 2.57 bits per heavy atom. The smallest absolute Gasteiger partial charge is 0.308 e. The van der Waals surface area contributed by atoms with Gasteiger partial charge in [0, 0.05) is 12.0 Å². The molecule has 0 aliphatic heterocycles. The third kappa shape index (κ3) is 4.34. The summed E-state index contributed by atoms with van der Waals surface area (Å²) >= 11 is 0. The van der Waals surface area contributed by atoms with Crippen molar-refractivity contribution in [1.29, 1.82) is 0 Å². The van der Waals surface area contributed by atoms with Crippen LogP contribution in [0, 0.1) is 18.3 Å². The second-order valence-electron chi connectivity index (χ2n) is 6.78. The molecular formula is C19H27NO3. The molecule has 1 atom stereocenters. The molecule has 1 aromatic carbocycles. The second kappa shape index (κ2) is 7.62. The number of benzene rings is 1. The fourth-order valence-electron chi connectivity index (χ4n) is 3.57. The molecule has 1 aliphatic rings. The first-order chi connectivity index (χ1) is 11.0. The normalized spacial score (nSPS) is 17.7. The summed E-state index contributed by atoms with van der Waals surface area (Å²) in [6.45, 7) is 4.24. The Morgan fingerprint density at radius 2 is 2.00 bits per heavy atom. The van der Waals surface area contributed by atoms with Gasteiger partial charge >= 0.3 is 5.97 Å². The lowest BCUT2D eigenvalue weighted by Crippen LogP contribution is -2.42. The Balaban J connectivity index is 1.97. The Labute approximate surface area is 138 Å². The first-order valence-corrected chi connectivity index (χ1v) is 8.53. The average Bonchev–Trinajstić information content (AvgIpc) is 3.01. The third-order valence-electron chi connectivity index (χ3n) is 5.14. The van der Waals surface area contributed by atoms with Crippen molar-refractivity contribution >= 4 is 11.9 Å². The van der Waals surface area contributed by atoms with E-state index in [0.717, 1.165) is 43.2 Å². The molecule has 1 unspecified atom stereocenters. The molecular weight excluding hydrogens is 290 g/mol. The van der Waals surface area contributed by atoms with Crippen LogP contribution in [0.2, 0.25) is 0 Å². The lowest BCUT2D eigenvalue weighted by atomic mass is 9.82. The van der Waals surface area contributed by atoms with Gasteiger partial charge in [0.15, 0.2) is 0 Å². The highest BCUT2D eigenvalue weighted by molar-refractivity contribution is 5.83. The van der Waals surface area contributed by atoms with E-state index in [4.69, 9.17) is 0 Å². The van der Waals surface area contributed by atoms with Gasteiger partial charge in [-0.25, -0.2) is 0 Å². The van der Waals surface area contributed by atoms with Crippen molar-refractivity contribution in [2.24, 2.45) is 11.3 Å². The molecule has 1 aliphatic carbocycles. The van der Waals surface area contributed by atoms with Gasteiger partial charge < -0.3 is 10.4 Å². The molecule has 0 aromatic heterocycles. The second-order valence-corrected chi connectivity index (χ2v) is 6.78. The van der Waals surface area contributed by atoms with E-state index in [9.17, 15) is 14.7 Å². The number of carbonyl (C=O) groups excluding carboxylic acids is 1. The Hall–Kier alpha value is -1.84. The lowest BCUT2D eigenvalue weighted by molar-refractivity contribution is -0.142. The van der Waals surface area contributed by atoms with Gasteiger partial charge in [-0.3, -0.25) is 9.59 Å². The number of carboxylic acids is 1. The topological polar surface area (TPSA) is 66.4 Å². The molecule has 0 radical (unpaired) electrons. The van der Waals surface area contributed by atoms with Crippen molar-refractivity contribution < 1.29 is 14.7 Å². The summed E-state index contributed by atoms with van der Waals surface area (Å²) in [5.74, 6) is -1.41. The molecule has 0 heterocycles. The molecule has 1 amide bonds. The summed E-state index contributed by atoms with van der Waals surface area (Å²) in [6, 6.07) is 7.87. The van der Waals surface area contributed by atoms with Gasteiger partial charge in [0.1, 0.15) is 0 Å². The van der Waals surface area contributed by atoms with Crippen LogP contribution in [0.25, 0.3) is 0 Å². The van der Waals surface area contributed by atoms with Crippen molar-refractivity contribution in [2.75, 3.05) is 6.54 Å². The quantitative estimate of drug-likeness (QED) is 0.810. The van der Waals surface area contributed by atoms with Crippen LogP contribution in [0.15, 0.2) is 24.3 Å². The van der Waals surface area contributed by atoms with Crippen molar-refractivity contribution in [2.45, 2.75) is 52.4 Å². The maximum Gasteiger partial charge on any atom is 0.308 e. The highest BCUT2D eigenvalue weighted by atomic mass is 16.4. The molecule has 1 fully saturated rings. The Morgan fingerprint density at radius 1 is 1.30 bits per heavy atom. The molecule has 0 saturated heterocycles. The molecule has 126 valence electrons. The average molecular weight is 317 g/mol. The van der Waals surface area contributed by atoms with Crippen LogP contribution in [-0.4, -0.2) is 23.5 Å². The van der Waals surface area contributed by atoms with Gasteiger partial charge in [0.2, 0.25) is 5.91 Å². The number of aryl methyl sites for hydroxylation is 1. The summed E-state index contributed by atoms with van der Waals surface area (Å²) in [4.78, 5) is 24.0. The molecule has 2 rings (SSSR count). The first kappa shape index (κ1) is 17.5. The van der Waals surface area contributed by atoms with E-state index in [1.165, 1.54) is 0 Å². The van der Waals surface area contributed by atoms with Crippen molar-refractivity contribution in [3.05, 3.63) is 35.4 Å². The van der Waals surface area contributed by atoms with E-state index in [1.807, 2.05) is 38.1 Å². The van der Waals surface area contributed by atoms with Crippen molar-refractivity contribution in [3.63, 3.8) is 0 Å². The largest absolute Gasteiger partial charge is 0.481 e. The molecule has 2 N–H and O–H groups in total. The number of hydrogen-bond donors (Lipinski definition) is 2. The summed E-state index contributed by atoms with van der Waals surface area (Å²) in [5.41, 5.74) is 1.84. The van der Waals surface area contributed by atoms with Crippen molar-refractivity contribution in [1.82, 2.24) is 5.32 Å². The van der Waals surface area contributed by atoms with E-state index in [2.05, 4.69) is 5.32 Å². The zero-order chi connectivity index (χ0) is 16.9. The molecule has 23 heavy (non-hydrogen) atoms. The standard InChI is InChI=1S/C19H27NO3/c1-3-19(9-4-5-10-19)18(23)20-13-16(17(21)22)12-15-8-6-7-14(2)11-15/h6-8,11,16H,3-5,9-10,12-13H2,1-2H3,(H,20,23)(H,21,22). The summed E-state index contributed by atoms with van der Waals surface area (Å²) in [5, 5.41) is 12.4. The summed E-state index contributed by atoms with van der Waals surface area (Å²) in [6.07, 6.45) is 5.29. The van der Waals surface area contributed by atoms with Gasteiger partial charge in [-0.15, -0.1) is 0 Å². The van der Waals surface area contributed by atoms with Crippen molar-refractivity contribution in [3.8, 4) is 0 Å². The van der Waals surface area contributed by atoms with Gasteiger partial charge in [-0.1, -0.05) is 49.6 Å². The SMILES string of the molecule is CCC1(C(=O)NCC(Cc2cccc(C)c2)C(=O)O)CCCC1. The number of carboxylic acid groups (broad SMARTS) is 1. The minimum absolute atomic E-state index is 0.0352. The number of amides is 1. The molecule has 0 bridgehead atoms. The predicted octanol–water partition coefficient (Wildman–Crippen LogP) is 3.32. The van der Waals surface area contributed by atoms with Gasteiger partial charge in [-0.2, -0.15) is 0 Å². The van der Waals surface area contributed by atoms with Crippen LogP contribution in [0.3, 0.4) is 0 Å². The van der Waals surface area contributed by atoms with Gasteiger partial charge in [0.05, 0.1) is 5.92 Å². The number of hydrogen-bond acceptors (Lipinski definition) is 2. The maximum atomic E-state index is 12.5. The molecule has 1 aromatic rings. The van der Waals surface area contributed by atoms with Crippen LogP contribution in [0.1, 0.15) is 50.2 Å². The van der Waals surface area contributed by atoms with E-state index in [0.29, 0.717) is 6.42 Å². The van der Waals surface area contributed by atoms with Crippen LogP contribution in [-0.2, 0) is 16.0 Å². The predicted molar refractivity (Wildman–Crippen MR) is 90.2 cm³/mol. The zero-order valence-corrected chi connectivity index (χ0v) is 14.1. The first-order valence-electron chi connectivity index (χ1n) is 8.53. The maximum absolute atomic E-state index is 12.5. The van der Waals surface area contributed by atoms with Crippen LogP contribution in [0.5, 0.6) is 0 Å². The zero-order valence-electron chi connectivity index (χ0n) is 14.1. The van der Waals surface area contributed by atoms with Gasteiger partial charge in [-0.05, 0) is 38.2 Å². The van der Waals surface area contributed by atoms with Crippen LogP contribution in [0.4, 0.5) is 0 Å². The van der Waals surface area contributed by atoms with Gasteiger partial charge in [0.25, 0.3) is 0 Å². The van der Waals surface area contributed by atoms with E-state index in [-0.39, 0.29) is 17.9 Å². The third-order valence-corrected chi connectivity index (χ3v) is 5.14. The highest BCUT2D eigenvalue weighted by Gasteiger charge is 2.39. The van der Waals surface area contributed by atoms with E-state index in [1.54, 1.807) is 0 Å². The Kier molecular flexibility index (Phi) is 5.80. The summed E-state index contributed by atoms with van der Waals surface area (Å²) < 4.78 is 0. The molecule has 4 nitrogen and oxygen atoms in total. The minimum atomic E-state index is -0.858. The van der Waals surface area contributed by atoms with Crippen LogP contribution >= 0.6 is 0 Å². The number of nitrogens with one attached hydrogen (secondary N) is 1. The monoisotopic (exact) mass is 317 g/mol. The Bertz CT molecular complexity index is 561. The van der Waals surface area contributed by atoms with Crippen LogP contribution < -0.4 is 5.32 Å². The fourth-order valence-corrected chi connectivity index (χ4v) is 3.57.